The first kappa shape index (κ1) is 22.6. The van der Waals surface area contributed by atoms with E-state index >= 15 is 0 Å². The molecule has 0 aliphatic carbocycles. The van der Waals surface area contributed by atoms with Gasteiger partial charge in [0.05, 0.1) is 10.6 Å². The van der Waals surface area contributed by atoms with Crippen LogP contribution in [0.15, 0.2) is 52.5 Å². The molecule has 0 fully saturated rings. The number of carbonyl (C=O) groups excluding carboxylic acids is 1. The number of nitrogens with one attached hydrogen (secondary N) is 1. The number of sulfonamides is 1. The maximum atomic E-state index is 13.0. The molecule has 1 atom stereocenters. The van der Waals surface area contributed by atoms with E-state index in [4.69, 9.17) is 9.94 Å². The topological polar surface area (TPSA) is 105 Å². The highest BCUT2D eigenvalue weighted by atomic mass is 32.2. The van der Waals surface area contributed by atoms with Gasteiger partial charge in [-0.2, -0.15) is 0 Å². The predicted molar refractivity (Wildman–Crippen MR) is 112 cm³/mol. The highest BCUT2D eigenvalue weighted by Gasteiger charge is 2.25. The molecule has 0 aliphatic rings. The summed E-state index contributed by atoms with van der Waals surface area (Å²) < 4.78 is 33.6. The van der Waals surface area contributed by atoms with E-state index in [-0.39, 0.29) is 21.9 Å². The van der Waals surface area contributed by atoms with E-state index in [1.54, 1.807) is 37.3 Å². The van der Waals surface area contributed by atoms with E-state index in [1.807, 2.05) is 6.92 Å². The van der Waals surface area contributed by atoms with Gasteiger partial charge in [0.15, 0.2) is 5.78 Å². The van der Waals surface area contributed by atoms with Crippen LogP contribution >= 0.6 is 0 Å². The lowest BCUT2D eigenvalue weighted by Crippen LogP contribution is -2.25. The number of para-hydroxylation sites is 1. The molecule has 2 rings (SSSR count). The van der Waals surface area contributed by atoms with E-state index in [9.17, 15) is 13.2 Å². The number of unbranched alkanes of at least 4 members (excludes halogenated alkanes) is 1. The van der Waals surface area contributed by atoms with Gasteiger partial charge < -0.3 is 9.94 Å². The Morgan fingerprint density at radius 1 is 1.21 bits per heavy atom. The van der Waals surface area contributed by atoms with Gasteiger partial charge in [-0.05, 0) is 56.9 Å². The van der Waals surface area contributed by atoms with Crippen LogP contribution in [0.25, 0.3) is 0 Å². The molecular formula is C21H26N2O5S. The molecule has 156 valence electrons. The lowest BCUT2D eigenvalue weighted by atomic mass is 9.98. The summed E-state index contributed by atoms with van der Waals surface area (Å²) in [5.41, 5.74) is 2.08. The minimum atomic E-state index is -3.85. The molecule has 1 unspecified atom stereocenters. The van der Waals surface area contributed by atoms with Crippen LogP contribution in [0, 0.1) is 13.8 Å². The summed E-state index contributed by atoms with van der Waals surface area (Å²) in [5, 5.41) is 11.4. The van der Waals surface area contributed by atoms with Crippen molar-refractivity contribution in [3.05, 3.63) is 59.2 Å². The molecule has 2 aromatic rings. The number of rotatable bonds is 10. The van der Waals surface area contributed by atoms with Crippen molar-refractivity contribution in [2.75, 3.05) is 11.8 Å². The van der Waals surface area contributed by atoms with Crippen molar-refractivity contribution in [1.82, 2.24) is 0 Å². The molecule has 0 radical (unpaired) electrons. The standard InChI is InChI=1S/C21H26N2O5S/c1-15-10-12-17(13-11-15)29(26,27)23-20-16(2)7-6-8-18(20)21(24)19(28-3)9-4-5-14-22-25/h6-8,10-14,19,23,25H,4-5,9H2,1-3H3. The lowest BCUT2D eigenvalue weighted by molar-refractivity contribution is 0.0577. The summed E-state index contributed by atoms with van der Waals surface area (Å²) in [7, 11) is -2.41. The summed E-state index contributed by atoms with van der Waals surface area (Å²) >= 11 is 0. The quantitative estimate of drug-likeness (QED) is 0.200. The number of carbonyl (C=O) groups is 1. The van der Waals surface area contributed by atoms with Crippen LogP contribution in [-0.2, 0) is 14.8 Å². The summed E-state index contributed by atoms with van der Waals surface area (Å²) in [6, 6.07) is 11.5. The maximum absolute atomic E-state index is 13.0. The number of methoxy groups -OCH3 is 1. The number of hydrogen-bond donors (Lipinski definition) is 2. The molecule has 2 N–H and O–H groups in total. The van der Waals surface area contributed by atoms with E-state index < -0.39 is 16.1 Å². The van der Waals surface area contributed by atoms with Gasteiger partial charge in [-0.1, -0.05) is 29.8 Å². The minimum Gasteiger partial charge on any atom is -0.411 e. The number of nitrogens with zero attached hydrogens (tertiary/aromatic N) is 1. The third kappa shape index (κ3) is 5.88. The normalized spacial score (nSPS) is 12.8. The summed E-state index contributed by atoms with van der Waals surface area (Å²) in [4.78, 5) is 13.2. The number of hydrogen-bond acceptors (Lipinski definition) is 6. The van der Waals surface area contributed by atoms with Crippen molar-refractivity contribution in [3.63, 3.8) is 0 Å². The minimum absolute atomic E-state index is 0.122. The van der Waals surface area contributed by atoms with Crippen LogP contribution in [0.1, 0.15) is 40.7 Å². The molecule has 0 heterocycles. The molecule has 2 aromatic carbocycles. The van der Waals surface area contributed by atoms with Gasteiger partial charge in [0.25, 0.3) is 10.0 Å². The van der Waals surface area contributed by atoms with Gasteiger partial charge in [-0.25, -0.2) is 8.42 Å². The molecule has 0 aromatic heterocycles. The third-order valence-electron chi connectivity index (χ3n) is 4.56. The van der Waals surface area contributed by atoms with Crippen LogP contribution in [0.5, 0.6) is 0 Å². The number of Topliss-reactive ketones (excluding diaryl/α,β-unsaturated/α-hetero) is 1. The first-order chi connectivity index (χ1) is 13.8. The second kappa shape index (κ2) is 10.2. The molecular weight excluding hydrogens is 392 g/mol. The second-order valence-corrected chi connectivity index (χ2v) is 8.42. The Morgan fingerprint density at radius 3 is 2.52 bits per heavy atom. The number of ketones is 1. The summed E-state index contributed by atoms with van der Waals surface area (Å²) in [5.74, 6) is -0.307. The third-order valence-corrected chi connectivity index (χ3v) is 5.93. The van der Waals surface area contributed by atoms with Gasteiger partial charge >= 0.3 is 0 Å². The molecule has 0 saturated heterocycles. The lowest BCUT2D eigenvalue weighted by Gasteiger charge is -2.18. The zero-order chi connectivity index (χ0) is 21.4. The Hall–Kier alpha value is -2.71. The fourth-order valence-corrected chi connectivity index (χ4v) is 4.05. The Morgan fingerprint density at radius 2 is 1.90 bits per heavy atom. The highest BCUT2D eigenvalue weighted by molar-refractivity contribution is 7.92. The SMILES string of the molecule is COC(CCCC=NO)C(=O)c1cccc(C)c1NS(=O)(=O)c1ccc(C)cc1. The van der Waals surface area contributed by atoms with E-state index in [1.165, 1.54) is 25.5 Å². The molecule has 0 saturated carbocycles. The molecule has 29 heavy (non-hydrogen) atoms. The molecule has 7 nitrogen and oxygen atoms in total. The van der Waals surface area contributed by atoms with Crippen molar-refractivity contribution < 1.29 is 23.2 Å². The number of oxime groups is 1. The van der Waals surface area contributed by atoms with Gasteiger partial charge in [0.2, 0.25) is 0 Å². The first-order valence-corrected chi connectivity index (χ1v) is 10.7. The van der Waals surface area contributed by atoms with Crippen LogP contribution in [0.4, 0.5) is 5.69 Å². The van der Waals surface area contributed by atoms with E-state index in [0.29, 0.717) is 24.8 Å². The number of benzene rings is 2. The smallest absolute Gasteiger partial charge is 0.261 e. The fraction of sp³-hybridized carbons (Fsp3) is 0.333. The molecule has 0 spiro atoms. The maximum Gasteiger partial charge on any atom is 0.261 e. The van der Waals surface area contributed by atoms with Crippen LogP contribution in [-0.4, -0.2) is 38.8 Å². The zero-order valence-corrected chi connectivity index (χ0v) is 17.6. The van der Waals surface area contributed by atoms with E-state index in [0.717, 1.165) is 5.56 Å². The summed E-state index contributed by atoms with van der Waals surface area (Å²) in [6.07, 6.45) is 2.13. The molecule has 0 aliphatic heterocycles. The monoisotopic (exact) mass is 418 g/mol. The first-order valence-electron chi connectivity index (χ1n) is 9.22. The van der Waals surface area contributed by atoms with Crippen molar-refractivity contribution in [2.45, 2.75) is 44.1 Å². The number of anilines is 1. The van der Waals surface area contributed by atoms with Crippen molar-refractivity contribution >= 4 is 27.7 Å². The average Bonchev–Trinajstić information content (AvgIpc) is 2.69. The highest BCUT2D eigenvalue weighted by Crippen LogP contribution is 2.27. The Labute approximate surface area is 171 Å². The Bertz CT molecular complexity index is 969. The van der Waals surface area contributed by atoms with Crippen molar-refractivity contribution in [1.29, 1.82) is 0 Å². The summed E-state index contributed by atoms with van der Waals surface area (Å²) in [6.45, 7) is 3.61. The van der Waals surface area contributed by atoms with Crippen molar-refractivity contribution in [3.8, 4) is 0 Å². The molecule has 0 amide bonds. The van der Waals surface area contributed by atoms with E-state index in [2.05, 4.69) is 9.88 Å². The van der Waals surface area contributed by atoms with Gasteiger partial charge in [0, 0.05) is 18.9 Å². The van der Waals surface area contributed by atoms with Gasteiger partial charge in [-0.3, -0.25) is 9.52 Å². The average molecular weight is 419 g/mol. The van der Waals surface area contributed by atoms with Crippen molar-refractivity contribution in [2.24, 2.45) is 5.16 Å². The predicted octanol–water partition coefficient (Wildman–Crippen LogP) is 3.93. The van der Waals surface area contributed by atoms with Crippen LogP contribution in [0.2, 0.25) is 0 Å². The largest absolute Gasteiger partial charge is 0.411 e. The molecule has 8 heteroatoms. The van der Waals surface area contributed by atoms with Crippen LogP contribution in [0.3, 0.4) is 0 Å². The second-order valence-electron chi connectivity index (χ2n) is 6.73. The van der Waals surface area contributed by atoms with Crippen LogP contribution < -0.4 is 4.72 Å². The fourth-order valence-electron chi connectivity index (χ4n) is 2.90. The van der Waals surface area contributed by atoms with Gasteiger partial charge in [0.1, 0.15) is 6.10 Å². The Kier molecular flexibility index (Phi) is 7.92. The van der Waals surface area contributed by atoms with Gasteiger partial charge in [-0.15, -0.1) is 5.16 Å². The Balaban J connectivity index is 2.32. The number of ether oxygens (including phenoxy) is 1. The molecule has 0 bridgehead atoms. The number of aryl methyl sites for hydroxylation is 2. The zero-order valence-electron chi connectivity index (χ0n) is 16.8.